The van der Waals surface area contributed by atoms with Crippen molar-refractivity contribution in [1.29, 1.82) is 0 Å². The number of benzene rings is 2. The van der Waals surface area contributed by atoms with Crippen LogP contribution in [0.4, 0.5) is 13.6 Å². The predicted octanol–water partition coefficient (Wildman–Crippen LogP) is 2.81. The van der Waals surface area contributed by atoms with E-state index >= 15 is 0 Å². The zero-order valence-electron chi connectivity index (χ0n) is 19.2. The molecule has 1 aliphatic carbocycles. The lowest BCUT2D eigenvalue weighted by Gasteiger charge is -2.43. The van der Waals surface area contributed by atoms with E-state index in [1.807, 2.05) is 19.1 Å². The summed E-state index contributed by atoms with van der Waals surface area (Å²) in [5, 5.41) is 9.84. The molecule has 3 fully saturated rings. The molecule has 2 saturated heterocycles. The molecule has 1 N–H and O–H groups in total. The van der Waals surface area contributed by atoms with Gasteiger partial charge >= 0.3 is 6.09 Å². The molecule has 35 heavy (non-hydrogen) atoms. The summed E-state index contributed by atoms with van der Waals surface area (Å²) in [6.07, 6.45) is -0.353. The Bertz CT molecular complexity index is 1310. The molecule has 0 aromatic heterocycles. The number of likely N-dealkylation sites (tertiary alicyclic amines) is 1. The van der Waals surface area contributed by atoms with Crippen LogP contribution in [-0.4, -0.2) is 73.5 Å². The Labute approximate surface area is 202 Å². The van der Waals surface area contributed by atoms with Crippen molar-refractivity contribution in [2.45, 2.75) is 48.4 Å². The molecule has 0 radical (unpaired) electrons. The van der Waals surface area contributed by atoms with Crippen molar-refractivity contribution >= 4 is 20.7 Å². The molecule has 2 aromatic carbocycles. The highest BCUT2D eigenvalue weighted by atomic mass is 32.2. The van der Waals surface area contributed by atoms with Gasteiger partial charge in [-0.1, -0.05) is 17.7 Å². The van der Waals surface area contributed by atoms with Crippen LogP contribution in [-0.2, 0) is 19.2 Å². The maximum absolute atomic E-state index is 15.0. The van der Waals surface area contributed by atoms with E-state index in [1.54, 1.807) is 16.4 Å². The van der Waals surface area contributed by atoms with Gasteiger partial charge in [0.05, 0.1) is 46.0 Å². The van der Waals surface area contributed by atoms with Crippen LogP contribution in [0.15, 0.2) is 47.4 Å². The SMILES string of the molecule is Cc1ccc(S2(=O)=C3CC3(OC(=O)N3CC[C@@H](O)C3)[C@H]3COC[C@@H](c4cc(F)cc(F)c4)N32)cc1. The Hall–Kier alpha value is -2.53. The summed E-state index contributed by atoms with van der Waals surface area (Å²) in [7, 11) is -3.04. The van der Waals surface area contributed by atoms with Gasteiger partial charge in [0.1, 0.15) is 11.6 Å². The summed E-state index contributed by atoms with van der Waals surface area (Å²) < 4.78 is 56.9. The molecule has 1 saturated carbocycles. The summed E-state index contributed by atoms with van der Waals surface area (Å²) in [6.45, 7) is 2.76. The van der Waals surface area contributed by atoms with Crippen LogP contribution in [0.5, 0.6) is 0 Å². The highest BCUT2D eigenvalue weighted by molar-refractivity contribution is 8.01. The van der Waals surface area contributed by atoms with Crippen LogP contribution in [0.1, 0.15) is 30.0 Å². The molecule has 0 bridgehead atoms. The van der Waals surface area contributed by atoms with Crippen molar-refractivity contribution in [3.05, 3.63) is 65.2 Å². The van der Waals surface area contributed by atoms with E-state index in [-0.39, 0.29) is 19.8 Å². The third kappa shape index (κ3) is 3.49. The van der Waals surface area contributed by atoms with E-state index in [2.05, 4.69) is 0 Å². The number of fused-ring (bicyclic) bond motifs is 3. The molecule has 1 amide bonds. The van der Waals surface area contributed by atoms with E-state index in [1.165, 1.54) is 17.0 Å². The Morgan fingerprint density at radius 1 is 1.17 bits per heavy atom. The number of aryl methyl sites for hydroxylation is 1. The van der Waals surface area contributed by atoms with Gasteiger partial charge in [-0.25, -0.2) is 22.1 Å². The summed E-state index contributed by atoms with van der Waals surface area (Å²) in [5.74, 6) is -1.45. The number of carbonyl (C=O) groups is 1. The minimum absolute atomic E-state index is 0.0951. The number of amides is 1. The van der Waals surface area contributed by atoms with Crippen LogP contribution in [0, 0.1) is 18.6 Å². The van der Waals surface area contributed by atoms with Crippen LogP contribution in [0.25, 0.3) is 0 Å². The molecule has 2 aromatic rings. The van der Waals surface area contributed by atoms with Crippen molar-refractivity contribution in [1.82, 2.24) is 9.21 Å². The third-order valence-electron chi connectivity index (χ3n) is 7.41. The quantitative estimate of drug-likeness (QED) is 0.651. The normalized spacial score (nSPS) is 34.0. The standard InChI is InChI=1S/C25H26F2N2O5S/c1-15-2-4-20(5-3-15)35(32)23-11-25(23,34-24(31)28-7-6-19(30)12-28)22-14-33-13-21(29(22)35)16-8-17(26)10-18(27)9-16/h2-5,8-10,19,21-22,30H,6-7,11-14H2,1H3/t19-,21+,22-,25?,35?/m1/s1. The van der Waals surface area contributed by atoms with Crippen molar-refractivity contribution in [3.63, 3.8) is 0 Å². The molecule has 186 valence electrons. The Morgan fingerprint density at radius 2 is 1.89 bits per heavy atom. The summed E-state index contributed by atoms with van der Waals surface area (Å²) in [6, 6.07) is 9.32. The molecule has 2 unspecified atom stereocenters. The lowest BCUT2D eigenvalue weighted by atomic mass is 10.0. The second-order valence-corrected chi connectivity index (χ2v) is 12.2. The van der Waals surface area contributed by atoms with Gasteiger partial charge in [-0.2, -0.15) is 0 Å². The topological polar surface area (TPSA) is 79.3 Å². The van der Waals surface area contributed by atoms with Crippen molar-refractivity contribution < 1.29 is 32.4 Å². The fourth-order valence-corrected chi connectivity index (χ4v) is 9.07. The minimum Gasteiger partial charge on any atom is -0.435 e. The Morgan fingerprint density at radius 3 is 2.54 bits per heavy atom. The predicted molar refractivity (Wildman–Crippen MR) is 124 cm³/mol. The number of ether oxygens (including phenoxy) is 2. The van der Waals surface area contributed by atoms with Crippen LogP contribution >= 0.6 is 0 Å². The highest BCUT2D eigenvalue weighted by Gasteiger charge is 2.72. The number of hydrogen-bond acceptors (Lipinski definition) is 5. The lowest BCUT2D eigenvalue weighted by Crippen LogP contribution is -2.54. The fraction of sp³-hybridized carbons (Fsp3) is 0.440. The van der Waals surface area contributed by atoms with Crippen LogP contribution in [0.2, 0.25) is 0 Å². The van der Waals surface area contributed by atoms with E-state index in [9.17, 15) is 22.9 Å². The molecular formula is C25H26F2N2O5S. The molecular weight excluding hydrogens is 478 g/mol. The number of β-amino-alcohol motifs (C(OH)–C–C–N with tert-alkyl or cyclic N) is 1. The molecule has 0 spiro atoms. The van der Waals surface area contributed by atoms with Crippen LogP contribution < -0.4 is 0 Å². The average molecular weight is 505 g/mol. The number of rotatable bonds is 3. The summed E-state index contributed by atoms with van der Waals surface area (Å²) in [4.78, 5) is 15.6. The first-order valence-electron chi connectivity index (χ1n) is 11.7. The fourth-order valence-electron chi connectivity index (χ4n) is 5.60. The average Bonchev–Trinajstić information content (AvgIpc) is 3.32. The molecule has 6 rings (SSSR count). The van der Waals surface area contributed by atoms with Gasteiger partial charge in [0, 0.05) is 30.5 Å². The van der Waals surface area contributed by atoms with E-state index in [0.29, 0.717) is 34.7 Å². The van der Waals surface area contributed by atoms with Gasteiger partial charge in [-0.15, -0.1) is 0 Å². The molecule has 4 aliphatic rings. The maximum Gasteiger partial charge on any atom is 0.410 e. The summed E-state index contributed by atoms with van der Waals surface area (Å²) in [5.41, 5.74) is 0.207. The molecule has 3 heterocycles. The molecule has 7 nitrogen and oxygen atoms in total. The van der Waals surface area contributed by atoms with Gasteiger partial charge in [-0.3, -0.25) is 0 Å². The van der Waals surface area contributed by atoms with Gasteiger partial charge in [0.15, 0.2) is 5.60 Å². The number of morpholine rings is 1. The zero-order chi connectivity index (χ0) is 24.5. The van der Waals surface area contributed by atoms with Crippen molar-refractivity contribution in [2.75, 3.05) is 26.3 Å². The molecule has 5 atom stereocenters. The first-order chi connectivity index (χ1) is 16.7. The van der Waals surface area contributed by atoms with Crippen molar-refractivity contribution in [2.24, 2.45) is 0 Å². The number of aliphatic hydroxyl groups is 1. The molecule has 3 aliphatic heterocycles. The van der Waals surface area contributed by atoms with Gasteiger partial charge in [0.25, 0.3) is 0 Å². The second-order valence-electron chi connectivity index (χ2n) is 9.72. The second kappa shape index (κ2) is 7.99. The molecule has 10 heteroatoms. The smallest absolute Gasteiger partial charge is 0.410 e. The number of halogens is 2. The maximum atomic E-state index is 15.0. The van der Waals surface area contributed by atoms with E-state index in [4.69, 9.17) is 9.47 Å². The number of hydrogen-bond donors (Lipinski definition) is 1. The van der Waals surface area contributed by atoms with Crippen molar-refractivity contribution in [3.8, 4) is 0 Å². The lowest BCUT2D eigenvalue weighted by molar-refractivity contribution is -0.0586. The number of nitrogens with zero attached hydrogens (tertiary/aromatic N) is 2. The first kappa shape index (κ1) is 22.9. The van der Waals surface area contributed by atoms with E-state index < -0.39 is 51.2 Å². The Balaban J connectivity index is 1.46. The first-order valence-corrected chi connectivity index (χ1v) is 13.2. The van der Waals surface area contributed by atoms with Crippen LogP contribution in [0.3, 0.4) is 0 Å². The highest BCUT2D eigenvalue weighted by Crippen LogP contribution is 2.56. The van der Waals surface area contributed by atoms with Gasteiger partial charge in [-0.05, 0) is 43.2 Å². The summed E-state index contributed by atoms with van der Waals surface area (Å²) >= 11 is 0. The zero-order valence-corrected chi connectivity index (χ0v) is 20.0. The van der Waals surface area contributed by atoms with Gasteiger partial charge < -0.3 is 19.5 Å². The van der Waals surface area contributed by atoms with Gasteiger partial charge in [0.2, 0.25) is 0 Å². The largest absolute Gasteiger partial charge is 0.435 e. The monoisotopic (exact) mass is 504 g/mol. The minimum atomic E-state index is -3.04. The van der Waals surface area contributed by atoms with E-state index in [0.717, 1.165) is 11.6 Å². The number of carbonyl (C=O) groups excluding carboxylic acids is 1. The Kier molecular flexibility index (Phi) is 5.23. The third-order valence-corrected chi connectivity index (χ3v) is 10.6. The number of aliphatic hydroxyl groups excluding tert-OH is 1.